The van der Waals surface area contributed by atoms with E-state index in [-0.39, 0.29) is 17.7 Å². The molecular weight excluding hydrogens is 184 g/mol. The van der Waals surface area contributed by atoms with Crippen LogP contribution in [0.2, 0.25) is 0 Å². The van der Waals surface area contributed by atoms with Crippen molar-refractivity contribution in [2.24, 2.45) is 0 Å². The van der Waals surface area contributed by atoms with E-state index >= 15 is 0 Å². The number of halogens is 1. The average molecular weight is 197 g/mol. The van der Waals surface area contributed by atoms with Crippen molar-refractivity contribution in [3.8, 4) is 0 Å². The van der Waals surface area contributed by atoms with Gasteiger partial charge in [-0.2, -0.15) is 0 Å². The molecule has 2 aliphatic rings. The molecule has 11 heavy (non-hydrogen) atoms. The fraction of sp³-hybridized carbons (Fsp3) is 1.00. The van der Waals surface area contributed by atoms with E-state index in [4.69, 9.17) is 4.78 Å². The Hall–Kier alpha value is 0.200. The highest BCUT2D eigenvalue weighted by Gasteiger charge is 2.38. The Kier molecular flexibility index (Phi) is 2.46. The molecule has 0 amide bonds. The minimum atomic E-state index is -2.30. The molecule has 0 radical (unpaired) electrons. The van der Waals surface area contributed by atoms with Crippen LogP contribution in [0.3, 0.4) is 0 Å². The molecule has 0 aromatic heterocycles. The molecule has 1 heterocycles. The molecule has 3 nitrogen and oxygen atoms in total. The van der Waals surface area contributed by atoms with Gasteiger partial charge in [0.1, 0.15) is 9.92 Å². The van der Waals surface area contributed by atoms with E-state index in [1.165, 1.54) is 0 Å². The zero-order chi connectivity index (χ0) is 7.19. The summed E-state index contributed by atoms with van der Waals surface area (Å²) in [5, 5.41) is 0.216. The molecule has 0 aromatic carbocycles. The minimum absolute atomic E-state index is 0. The third-order valence-corrected chi connectivity index (χ3v) is 4.68. The number of hydrogen-bond acceptors (Lipinski definition) is 2. The van der Waals surface area contributed by atoms with Gasteiger partial charge in [0.2, 0.25) is 0 Å². The lowest BCUT2D eigenvalue weighted by atomic mass is 10.3. The lowest BCUT2D eigenvalue weighted by Gasteiger charge is -2.32. The van der Waals surface area contributed by atoms with Gasteiger partial charge in [-0.05, 0) is 19.3 Å². The first-order chi connectivity index (χ1) is 4.71. The molecule has 0 bridgehead atoms. The third-order valence-electron chi connectivity index (χ3n) is 2.17. The summed E-state index contributed by atoms with van der Waals surface area (Å²) in [4.78, 5) is 0. The molecule has 2 fully saturated rings. The molecule has 1 unspecified atom stereocenters. The number of rotatable bonds is 2. The van der Waals surface area contributed by atoms with Gasteiger partial charge in [0.15, 0.2) is 0 Å². The van der Waals surface area contributed by atoms with Crippen LogP contribution in [0, 0.1) is 4.78 Å². The van der Waals surface area contributed by atoms with Gasteiger partial charge in [0, 0.05) is 13.1 Å². The van der Waals surface area contributed by atoms with E-state index in [0.717, 1.165) is 32.4 Å². The monoisotopic (exact) mass is 196 g/mol. The molecule has 1 saturated carbocycles. The summed E-state index contributed by atoms with van der Waals surface area (Å²) in [6, 6.07) is 0. The van der Waals surface area contributed by atoms with Crippen LogP contribution in [0.25, 0.3) is 0 Å². The van der Waals surface area contributed by atoms with E-state index in [1.807, 2.05) is 4.31 Å². The minimum Gasteiger partial charge on any atom is -0.240 e. The second-order valence-corrected chi connectivity index (χ2v) is 5.37. The number of nitrogens with zero attached hydrogens (tertiary/aromatic N) is 1. The third kappa shape index (κ3) is 1.53. The molecule has 0 aromatic rings. The largest absolute Gasteiger partial charge is 0.240 e. The van der Waals surface area contributed by atoms with Gasteiger partial charge >= 0.3 is 0 Å². The summed E-state index contributed by atoms with van der Waals surface area (Å²) < 4.78 is 20.9. The Bertz CT molecular complexity index is 231. The van der Waals surface area contributed by atoms with Gasteiger partial charge < -0.3 is 0 Å². The maximum Gasteiger partial charge on any atom is 0.110 e. The maximum atomic E-state index is 11.5. The maximum absolute atomic E-state index is 11.5. The van der Waals surface area contributed by atoms with E-state index in [9.17, 15) is 4.21 Å². The molecule has 66 valence electrons. The zero-order valence-corrected chi connectivity index (χ0v) is 7.92. The smallest absolute Gasteiger partial charge is 0.110 e. The van der Waals surface area contributed by atoms with Crippen LogP contribution in [0.15, 0.2) is 0 Å². The standard InChI is InChI=1S/C6H12N2OS.ClH/c7-10(9,6-2-3-6)8-4-1-5-8;/h6-7H,1-5H2;1H. The Balaban J connectivity index is 0.000000605. The van der Waals surface area contributed by atoms with Gasteiger partial charge in [0.05, 0.1) is 5.25 Å². The van der Waals surface area contributed by atoms with Gasteiger partial charge in [-0.15, -0.1) is 12.4 Å². The molecule has 0 spiro atoms. The van der Waals surface area contributed by atoms with Crippen molar-refractivity contribution >= 4 is 22.3 Å². The Morgan fingerprint density at radius 3 is 2.18 bits per heavy atom. The van der Waals surface area contributed by atoms with Gasteiger partial charge in [-0.25, -0.2) is 13.3 Å². The Morgan fingerprint density at radius 1 is 1.36 bits per heavy atom. The van der Waals surface area contributed by atoms with Crippen LogP contribution in [0.5, 0.6) is 0 Å². The summed E-state index contributed by atoms with van der Waals surface area (Å²) in [6.07, 6.45) is 3.15. The first kappa shape index (κ1) is 9.29. The van der Waals surface area contributed by atoms with Gasteiger partial charge in [0.25, 0.3) is 0 Å². The van der Waals surface area contributed by atoms with Crippen LogP contribution >= 0.6 is 12.4 Å². The predicted molar refractivity (Wildman–Crippen MR) is 47.3 cm³/mol. The quantitative estimate of drug-likeness (QED) is 0.710. The first-order valence-corrected chi connectivity index (χ1v) is 5.32. The molecule has 1 aliphatic heterocycles. The van der Waals surface area contributed by atoms with Crippen LogP contribution in [0.1, 0.15) is 19.3 Å². The van der Waals surface area contributed by atoms with Gasteiger partial charge in [-0.1, -0.05) is 0 Å². The number of hydrogen-bond donors (Lipinski definition) is 1. The Morgan fingerprint density at radius 2 is 1.91 bits per heavy atom. The SMILES string of the molecule is Cl.N=S(=O)(C1CC1)N1CCC1. The van der Waals surface area contributed by atoms with E-state index in [2.05, 4.69) is 0 Å². The van der Waals surface area contributed by atoms with Crippen LogP contribution in [-0.4, -0.2) is 26.9 Å². The highest BCUT2D eigenvalue weighted by molar-refractivity contribution is 7.91. The molecule has 5 heteroatoms. The number of nitrogens with one attached hydrogen (secondary N) is 1. The summed E-state index contributed by atoms with van der Waals surface area (Å²) in [5.74, 6) is 0. The molecule has 1 N–H and O–H groups in total. The lowest BCUT2D eigenvalue weighted by molar-refractivity contribution is 0.322. The predicted octanol–water partition coefficient (Wildman–Crippen LogP) is 1.24. The zero-order valence-electron chi connectivity index (χ0n) is 6.28. The van der Waals surface area contributed by atoms with E-state index in [0.29, 0.717) is 0 Å². The molecule has 2 rings (SSSR count). The van der Waals surface area contributed by atoms with Crippen molar-refractivity contribution < 1.29 is 4.21 Å². The normalized spacial score (nSPS) is 29.8. The van der Waals surface area contributed by atoms with Crippen molar-refractivity contribution in [1.82, 2.24) is 4.31 Å². The molecule has 1 atom stereocenters. The summed E-state index contributed by atoms with van der Waals surface area (Å²) in [7, 11) is -2.30. The van der Waals surface area contributed by atoms with Crippen molar-refractivity contribution in [3.63, 3.8) is 0 Å². The molecule has 1 aliphatic carbocycles. The fourth-order valence-electron chi connectivity index (χ4n) is 1.16. The first-order valence-electron chi connectivity index (χ1n) is 3.74. The van der Waals surface area contributed by atoms with Crippen LogP contribution in [0.4, 0.5) is 0 Å². The van der Waals surface area contributed by atoms with E-state index < -0.39 is 9.92 Å². The van der Waals surface area contributed by atoms with Crippen molar-refractivity contribution in [2.45, 2.75) is 24.5 Å². The summed E-state index contributed by atoms with van der Waals surface area (Å²) in [5.41, 5.74) is 0. The Labute approximate surface area is 73.7 Å². The van der Waals surface area contributed by atoms with E-state index in [1.54, 1.807) is 0 Å². The van der Waals surface area contributed by atoms with Crippen molar-refractivity contribution in [2.75, 3.05) is 13.1 Å². The molecule has 1 saturated heterocycles. The molecular formula is C6H13ClN2OS. The average Bonchev–Trinajstić information content (AvgIpc) is 2.32. The highest BCUT2D eigenvalue weighted by Crippen LogP contribution is 2.33. The fourth-order valence-corrected chi connectivity index (χ4v) is 3.15. The highest BCUT2D eigenvalue weighted by atomic mass is 35.5. The van der Waals surface area contributed by atoms with Gasteiger partial charge in [-0.3, -0.25) is 0 Å². The van der Waals surface area contributed by atoms with Crippen LogP contribution < -0.4 is 0 Å². The van der Waals surface area contributed by atoms with Crippen molar-refractivity contribution in [3.05, 3.63) is 0 Å². The summed E-state index contributed by atoms with van der Waals surface area (Å²) >= 11 is 0. The summed E-state index contributed by atoms with van der Waals surface area (Å²) in [6.45, 7) is 1.78. The van der Waals surface area contributed by atoms with Crippen LogP contribution in [-0.2, 0) is 9.92 Å². The second kappa shape index (κ2) is 2.92. The topological polar surface area (TPSA) is 44.2 Å². The lowest BCUT2D eigenvalue weighted by Crippen LogP contribution is -2.42. The second-order valence-electron chi connectivity index (χ2n) is 3.05. The van der Waals surface area contributed by atoms with Crippen molar-refractivity contribution in [1.29, 1.82) is 4.78 Å².